The van der Waals surface area contributed by atoms with E-state index in [1.807, 2.05) is 33.8 Å². The van der Waals surface area contributed by atoms with Gasteiger partial charge in [-0.3, -0.25) is 4.90 Å². The number of nitrogens with zero attached hydrogens (tertiary/aromatic N) is 3. The zero-order chi connectivity index (χ0) is 15.2. The number of hydrogen-bond donors (Lipinski definition) is 0. The molecule has 0 unspecified atom stereocenters. The lowest BCUT2D eigenvalue weighted by Crippen LogP contribution is -2.46. The summed E-state index contributed by atoms with van der Waals surface area (Å²) in [6, 6.07) is 12.7. The number of nitriles is 1. The van der Waals surface area contributed by atoms with Gasteiger partial charge >= 0.3 is 0 Å². The minimum atomic E-state index is 0.644. The van der Waals surface area contributed by atoms with E-state index >= 15 is 0 Å². The number of benzene rings is 1. The van der Waals surface area contributed by atoms with Crippen molar-refractivity contribution >= 4 is 5.69 Å². The number of piperazine rings is 1. The highest BCUT2D eigenvalue weighted by Crippen LogP contribution is 2.15. The smallest absolute Gasteiger partial charge is 0.0635 e. The molecule has 0 radical (unpaired) electrons. The second kappa shape index (κ2) is 12.5. The molecule has 0 bridgehead atoms. The summed E-state index contributed by atoms with van der Waals surface area (Å²) >= 11 is 0. The van der Waals surface area contributed by atoms with Crippen molar-refractivity contribution in [2.24, 2.45) is 0 Å². The minimum absolute atomic E-state index is 0.644. The van der Waals surface area contributed by atoms with Crippen molar-refractivity contribution in [2.75, 3.05) is 37.6 Å². The van der Waals surface area contributed by atoms with Gasteiger partial charge in [-0.1, -0.05) is 45.9 Å². The maximum absolute atomic E-state index is 8.54. The molecule has 0 aliphatic carbocycles. The number of rotatable bonds is 3. The summed E-state index contributed by atoms with van der Waals surface area (Å²) < 4.78 is 0. The number of hydrogen-bond acceptors (Lipinski definition) is 3. The summed E-state index contributed by atoms with van der Waals surface area (Å²) in [6.45, 7) is 13.2. The summed E-state index contributed by atoms with van der Waals surface area (Å²) in [6.07, 6.45) is 0.644. The molecule has 0 atom stereocenters. The van der Waals surface area contributed by atoms with Gasteiger partial charge in [0.25, 0.3) is 0 Å². The average molecular weight is 275 g/mol. The molecule has 0 amide bonds. The van der Waals surface area contributed by atoms with E-state index in [9.17, 15) is 0 Å². The van der Waals surface area contributed by atoms with Crippen LogP contribution in [0.1, 0.15) is 34.1 Å². The minimum Gasteiger partial charge on any atom is -0.369 e. The Morgan fingerprint density at radius 1 is 0.950 bits per heavy atom. The molecule has 20 heavy (non-hydrogen) atoms. The first-order valence-corrected chi connectivity index (χ1v) is 7.79. The molecule has 1 heterocycles. The van der Waals surface area contributed by atoms with Crippen LogP contribution in [0.25, 0.3) is 0 Å². The average Bonchev–Trinajstić information content (AvgIpc) is 2.58. The van der Waals surface area contributed by atoms with Gasteiger partial charge in [0.15, 0.2) is 0 Å². The van der Waals surface area contributed by atoms with Gasteiger partial charge in [-0.25, -0.2) is 0 Å². The van der Waals surface area contributed by atoms with Gasteiger partial charge in [-0.15, -0.1) is 0 Å². The zero-order valence-electron chi connectivity index (χ0n) is 13.5. The lowest BCUT2D eigenvalue weighted by molar-refractivity contribution is 0.263. The van der Waals surface area contributed by atoms with Gasteiger partial charge in [0, 0.05) is 44.8 Å². The zero-order valence-corrected chi connectivity index (χ0v) is 13.5. The molecule has 3 nitrogen and oxygen atoms in total. The molecule has 0 spiro atoms. The van der Waals surface area contributed by atoms with Gasteiger partial charge in [-0.05, 0) is 12.1 Å². The highest BCUT2D eigenvalue weighted by atomic mass is 15.3. The van der Waals surface area contributed by atoms with Crippen LogP contribution in [-0.4, -0.2) is 37.6 Å². The fraction of sp³-hybridized carbons (Fsp3) is 0.588. The SMILES string of the molecule is CC.CC.N#CCCN1CCN(c2ccccc2)CC1. The van der Waals surface area contributed by atoms with Crippen LogP contribution in [-0.2, 0) is 0 Å². The molecule has 112 valence electrons. The van der Waals surface area contributed by atoms with Crippen LogP contribution in [0, 0.1) is 11.3 Å². The van der Waals surface area contributed by atoms with Crippen molar-refractivity contribution in [3.63, 3.8) is 0 Å². The van der Waals surface area contributed by atoms with Gasteiger partial charge in [0.05, 0.1) is 6.07 Å². The Hall–Kier alpha value is -1.53. The molecule has 0 saturated carbocycles. The first kappa shape index (κ1) is 18.5. The quantitative estimate of drug-likeness (QED) is 0.841. The van der Waals surface area contributed by atoms with Crippen molar-refractivity contribution in [2.45, 2.75) is 34.1 Å². The van der Waals surface area contributed by atoms with E-state index in [0.717, 1.165) is 32.7 Å². The predicted octanol–water partition coefficient (Wildman–Crippen LogP) is 3.77. The van der Waals surface area contributed by atoms with Gasteiger partial charge in [0.1, 0.15) is 0 Å². The summed E-state index contributed by atoms with van der Waals surface area (Å²) in [4.78, 5) is 4.77. The maximum Gasteiger partial charge on any atom is 0.0635 e. The van der Waals surface area contributed by atoms with Crippen molar-refractivity contribution in [1.29, 1.82) is 5.26 Å². The molecular formula is C17H29N3. The third kappa shape index (κ3) is 6.58. The maximum atomic E-state index is 8.54. The van der Waals surface area contributed by atoms with Crippen LogP contribution >= 0.6 is 0 Å². The molecule has 0 N–H and O–H groups in total. The Morgan fingerprint density at radius 3 is 2.00 bits per heavy atom. The molecule has 1 aliphatic rings. The molecule has 1 saturated heterocycles. The molecule has 1 aliphatic heterocycles. The van der Waals surface area contributed by atoms with E-state index < -0.39 is 0 Å². The van der Waals surface area contributed by atoms with E-state index in [4.69, 9.17) is 5.26 Å². The fourth-order valence-corrected chi connectivity index (χ4v) is 2.08. The van der Waals surface area contributed by atoms with Crippen molar-refractivity contribution < 1.29 is 0 Å². The Morgan fingerprint density at radius 2 is 1.50 bits per heavy atom. The number of para-hydroxylation sites is 1. The van der Waals surface area contributed by atoms with Crippen LogP contribution in [0.15, 0.2) is 30.3 Å². The molecule has 3 heteroatoms. The molecule has 2 rings (SSSR count). The first-order valence-electron chi connectivity index (χ1n) is 7.79. The topological polar surface area (TPSA) is 30.3 Å². The monoisotopic (exact) mass is 275 g/mol. The van der Waals surface area contributed by atoms with Crippen LogP contribution < -0.4 is 4.90 Å². The normalized spacial score (nSPS) is 14.2. The Labute approximate surface area is 124 Å². The lowest BCUT2D eigenvalue weighted by Gasteiger charge is -2.35. The van der Waals surface area contributed by atoms with Gasteiger partial charge in [0.2, 0.25) is 0 Å². The van der Waals surface area contributed by atoms with Crippen LogP contribution in [0.4, 0.5) is 5.69 Å². The van der Waals surface area contributed by atoms with Gasteiger partial charge in [-0.2, -0.15) is 5.26 Å². The first-order chi connectivity index (χ1) is 9.90. The third-order valence-corrected chi connectivity index (χ3v) is 3.03. The molecular weight excluding hydrogens is 246 g/mol. The fourth-order valence-electron chi connectivity index (χ4n) is 2.08. The highest BCUT2D eigenvalue weighted by molar-refractivity contribution is 5.46. The molecule has 1 aromatic rings. The standard InChI is InChI=1S/C13H17N3.2C2H6/c14-7-4-8-15-9-11-16(12-10-15)13-5-2-1-3-6-13;2*1-2/h1-3,5-6H,4,8-12H2;2*1-2H3. The van der Waals surface area contributed by atoms with Crippen molar-refractivity contribution in [1.82, 2.24) is 4.90 Å². The third-order valence-electron chi connectivity index (χ3n) is 3.03. The van der Waals surface area contributed by atoms with Crippen molar-refractivity contribution in [3.8, 4) is 6.07 Å². The van der Waals surface area contributed by atoms with Gasteiger partial charge < -0.3 is 4.90 Å². The highest BCUT2D eigenvalue weighted by Gasteiger charge is 2.16. The predicted molar refractivity (Wildman–Crippen MR) is 88.0 cm³/mol. The number of anilines is 1. The summed E-state index contributed by atoms with van der Waals surface area (Å²) in [5.41, 5.74) is 1.31. The molecule has 0 aromatic heterocycles. The largest absolute Gasteiger partial charge is 0.369 e. The summed E-state index contributed by atoms with van der Waals surface area (Å²) in [5, 5.41) is 8.54. The Kier molecular flexibility index (Phi) is 11.5. The van der Waals surface area contributed by atoms with Crippen LogP contribution in [0.2, 0.25) is 0 Å². The second-order valence-corrected chi connectivity index (χ2v) is 4.07. The summed E-state index contributed by atoms with van der Waals surface area (Å²) in [5.74, 6) is 0. The Balaban J connectivity index is 0.000000829. The molecule has 1 fully saturated rings. The van der Waals surface area contributed by atoms with E-state index in [1.165, 1.54) is 5.69 Å². The molecule has 1 aromatic carbocycles. The van der Waals surface area contributed by atoms with E-state index in [1.54, 1.807) is 0 Å². The van der Waals surface area contributed by atoms with Crippen molar-refractivity contribution in [3.05, 3.63) is 30.3 Å². The second-order valence-electron chi connectivity index (χ2n) is 4.07. The summed E-state index contributed by atoms with van der Waals surface area (Å²) in [7, 11) is 0. The van der Waals surface area contributed by atoms with Crippen LogP contribution in [0.5, 0.6) is 0 Å². The Bertz CT molecular complexity index is 348. The van der Waals surface area contributed by atoms with E-state index in [0.29, 0.717) is 6.42 Å². The van der Waals surface area contributed by atoms with Crippen LogP contribution in [0.3, 0.4) is 0 Å². The lowest BCUT2D eigenvalue weighted by atomic mass is 10.2. The van der Waals surface area contributed by atoms with E-state index in [-0.39, 0.29) is 0 Å². The van der Waals surface area contributed by atoms with E-state index in [2.05, 4.69) is 40.1 Å².